The number of halogens is 3. The van der Waals surface area contributed by atoms with Crippen molar-refractivity contribution in [1.29, 1.82) is 0 Å². The maximum Gasteiger partial charge on any atom is 0.435 e. The summed E-state index contributed by atoms with van der Waals surface area (Å²) in [6, 6.07) is 8.76. The van der Waals surface area contributed by atoms with Crippen molar-refractivity contribution in [3.05, 3.63) is 58.3 Å². The molecule has 29 heavy (non-hydrogen) atoms. The van der Waals surface area contributed by atoms with Gasteiger partial charge in [-0.2, -0.15) is 13.2 Å². The Morgan fingerprint density at radius 1 is 1.14 bits per heavy atom. The van der Waals surface area contributed by atoms with E-state index in [-0.39, 0.29) is 24.8 Å². The van der Waals surface area contributed by atoms with Crippen LogP contribution in [0.4, 0.5) is 19.0 Å². The van der Waals surface area contributed by atoms with E-state index < -0.39 is 11.9 Å². The fourth-order valence-corrected chi connectivity index (χ4v) is 3.69. The lowest BCUT2D eigenvalue weighted by Gasteiger charge is -2.27. The quantitative estimate of drug-likeness (QED) is 0.718. The summed E-state index contributed by atoms with van der Waals surface area (Å²) in [5, 5.41) is 16.9. The fourth-order valence-electron chi connectivity index (χ4n) is 3.69. The number of aliphatic hydroxyl groups is 1. The third-order valence-electron chi connectivity index (χ3n) is 5.00. The van der Waals surface area contributed by atoms with Crippen LogP contribution in [0, 0.1) is 0 Å². The number of nitrogens with zero attached hydrogens (tertiary/aromatic N) is 5. The molecule has 1 aliphatic heterocycles. The molecule has 0 amide bonds. The van der Waals surface area contributed by atoms with Crippen LogP contribution in [0.5, 0.6) is 0 Å². The molecule has 2 aromatic heterocycles. The normalized spacial score (nSPS) is 17.2. The van der Waals surface area contributed by atoms with Crippen LogP contribution in [0.2, 0.25) is 0 Å². The number of aromatic nitrogens is 4. The lowest BCUT2D eigenvalue weighted by atomic mass is 10.1. The summed E-state index contributed by atoms with van der Waals surface area (Å²) in [7, 11) is 0. The Hall–Kier alpha value is -3.01. The molecule has 0 radical (unpaired) electrons. The molecule has 0 saturated carbocycles. The first-order valence-corrected chi connectivity index (χ1v) is 9.18. The molecule has 1 aliphatic rings. The highest BCUT2D eigenvalue weighted by molar-refractivity contribution is 5.77. The molecule has 10 heteroatoms. The van der Waals surface area contributed by atoms with E-state index in [2.05, 4.69) is 15.2 Å². The second-order valence-corrected chi connectivity index (χ2v) is 6.79. The molecule has 0 bridgehead atoms. The first-order valence-electron chi connectivity index (χ1n) is 9.18. The first kappa shape index (κ1) is 19.3. The van der Waals surface area contributed by atoms with Crippen LogP contribution >= 0.6 is 0 Å². The number of aliphatic hydroxyl groups excluding tert-OH is 1. The van der Waals surface area contributed by atoms with Gasteiger partial charge >= 0.3 is 6.18 Å². The molecule has 0 aliphatic carbocycles. The molecule has 152 valence electrons. The Kier molecular flexibility index (Phi) is 4.95. The predicted octanol–water partition coefficient (Wildman–Crippen LogP) is 2.54. The smallest absolute Gasteiger partial charge is 0.395 e. The van der Waals surface area contributed by atoms with Crippen LogP contribution in [0.1, 0.15) is 30.4 Å². The van der Waals surface area contributed by atoms with Gasteiger partial charge in [-0.1, -0.05) is 12.1 Å². The zero-order chi connectivity index (χ0) is 20.6. The van der Waals surface area contributed by atoms with E-state index in [9.17, 15) is 23.1 Å². The van der Waals surface area contributed by atoms with Gasteiger partial charge in [0.25, 0.3) is 5.56 Å². The van der Waals surface area contributed by atoms with Gasteiger partial charge < -0.3 is 10.0 Å². The number of rotatable bonds is 4. The number of hydrogen-bond acceptors (Lipinski definition) is 6. The van der Waals surface area contributed by atoms with E-state index in [4.69, 9.17) is 0 Å². The Bertz CT molecular complexity index is 1080. The summed E-state index contributed by atoms with van der Waals surface area (Å²) in [5.41, 5.74) is -0.782. The zero-order valence-electron chi connectivity index (χ0n) is 15.3. The lowest BCUT2D eigenvalue weighted by Crippen LogP contribution is -2.33. The first-order chi connectivity index (χ1) is 13.9. The average Bonchev–Trinajstić information content (AvgIpc) is 3.19. The van der Waals surface area contributed by atoms with Gasteiger partial charge in [0.1, 0.15) is 5.82 Å². The summed E-state index contributed by atoms with van der Waals surface area (Å²) >= 11 is 0. The molecule has 4 rings (SSSR count). The summed E-state index contributed by atoms with van der Waals surface area (Å²) in [6.07, 6.45) is -3.15. The predicted molar refractivity (Wildman–Crippen MR) is 99.4 cm³/mol. The average molecular weight is 405 g/mol. The highest BCUT2D eigenvalue weighted by atomic mass is 19.4. The number of benzene rings is 1. The summed E-state index contributed by atoms with van der Waals surface area (Å²) in [6.45, 7) is 0.390. The largest absolute Gasteiger partial charge is 0.435 e. The molecule has 1 fully saturated rings. The van der Waals surface area contributed by atoms with Gasteiger partial charge in [-0.25, -0.2) is 4.98 Å². The van der Waals surface area contributed by atoms with Gasteiger partial charge in [0.2, 0.25) is 0 Å². The van der Waals surface area contributed by atoms with Crippen molar-refractivity contribution < 1.29 is 18.3 Å². The zero-order valence-corrected chi connectivity index (χ0v) is 15.3. The van der Waals surface area contributed by atoms with Crippen LogP contribution in [-0.4, -0.2) is 38.0 Å². The highest BCUT2D eigenvalue weighted by Gasteiger charge is 2.35. The van der Waals surface area contributed by atoms with Gasteiger partial charge in [-0.3, -0.25) is 9.36 Å². The van der Waals surface area contributed by atoms with Crippen LogP contribution in [-0.2, 0) is 12.7 Å². The Morgan fingerprint density at radius 2 is 1.93 bits per heavy atom. The van der Waals surface area contributed by atoms with E-state index >= 15 is 0 Å². The third kappa shape index (κ3) is 3.55. The Balaban J connectivity index is 1.78. The van der Waals surface area contributed by atoms with Gasteiger partial charge in [0, 0.05) is 6.54 Å². The van der Waals surface area contributed by atoms with E-state index in [1.54, 1.807) is 29.2 Å². The third-order valence-corrected chi connectivity index (χ3v) is 5.00. The van der Waals surface area contributed by atoms with Crippen LogP contribution in [0.3, 0.4) is 0 Å². The monoisotopic (exact) mass is 405 g/mol. The molecule has 3 aromatic rings. The summed E-state index contributed by atoms with van der Waals surface area (Å²) in [5.74, 6) is 0.750. The number of para-hydroxylation sites is 1. The number of anilines is 1. The van der Waals surface area contributed by atoms with Gasteiger partial charge in [0.05, 0.1) is 30.1 Å². The molecule has 1 atom stereocenters. The molecule has 7 nitrogen and oxygen atoms in total. The van der Waals surface area contributed by atoms with Crippen LogP contribution < -0.4 is 10.5 Å². The Labute approximate surface area is 163 Å². The van der Waals surface area contributed by atoms with Crippen molar-refractivity contribution in [3.63, 3.8) is 0 Å². The number of hydrogen-bond donors (Lipinski definition) is 1. The molecule has 1 aromatic carbocycles. The van der Waals surface area contributed by atoms with E-state index in [0.717, 1.165) is 12.5 Å². The topological polar surface area (TPSA) is 84.1 Å². The van der Waals surface area contributed by atoms with Crippen molar-refractivity contribution in [3.8, 4) is 0 Å². The van der Waals surface area contributed by atoms with E-state index in [0.29, 0.717) is 35.5 Å². The SMILES string of the molecule is O=c1c2ccccc2nc(C2CCCN2c2ccc(C(F)(F)F)nn2)n1CCO. The second kappa shape index (κ2) is 7.43. The minimum atomic E-state index is -4.56. The minimum Gasteiger partial charge on any atom is -0.395 e. The van der Waals surface area contributed by atoms with Crippen molar-refractivity contribution in [2.24, 2.45) is 0 Å². The molecular weight excluding hydrogens is 387 g/mol. The lowest BCUT2D eigenvalue weighted by molar-refractivity contribution is -0.141. The summed E-state index contributed by atoms with van der Waals surface area (Å²) in [4.78, 5) is 19.4. The molecule has 1 unspecified atom stereocenters. The van der Waals surface area contributed by atoms with Crippen molar-refractivity contribution in [2.75, 3.05) is 18.1 Å². The molecule has 1 N–H and O–H groups in total. The maximum atomic E-state index is 12.9. The number of alkyl halides is 3. The summed E-state index contributed by atoms with van der Waals surface area (Å²) < 4.78 is 39.8. The second-order valence-electron chi connectivity index (χ2n) is 6.79. The molecule has 0 spiro atoms. The maximum absolute atomic E-state index is 12.9. The van der Waals surface area contributed by atoms with E-state index in [1.807, 2.05) is 0 Å². The Morgan fingerprint density at radius 3 is 2.62 bits per heavy atom. The highest BCUT2D eigenvalue weighted by Crippen LogP contribution is 2.35. The fraction of sp³-hybridized carbons (Fsp3) is 0.368. The minimum absolute atomic E-state index is 0.0784. The standard InChI is InChI=1S/C19H18F3N5O2/c20-19(21,22)15-7-8-16(25-24-15)26-9-3-6-14(26)17-23-13-5-2-1-4-12(13)18(29)27(17)10-11-28/h1-2,4-5,7-8,14,28H,3,6,9-11H2. The van der Waals surface area contributed by atoms with Crippen molar-refractivity contribution in [1.82, 2.24) is 19.7 Å². The van der Waals surface area contributed by atoms with Crippen LogP contribution in [0.25, 0.3) is 10.9 Å². The molecule has 1 saturated heterocycles. The molecule has 3 heterocycles. The molecular formula is C19H18F3N5O2. The van der Waals surface area contributed by atoms with Crippen molar-refractivity contribution in [2.45, 2.75) is 31.6 Å². The van der Waals surface area contributed by atoms with E-state index in [1.165, 1.54) is 10.6 Å². The van der Waals surface area contributed by atoms with Crippen LogP contribution in [0.15, 0.2) is 41.2 Å². The van der Waals surface area contributed by atoms with Gasteiger partial charge in [-0.15, -0.1) is 10.2 Å². The van der Waals surface area contributed by atoms with Gasteiger partial charge in [0.15, 0.2) is 11.5 Å². The number of fused-ring (bicyclic) bond motifs is 1. The van der Waals surface area contributed by atoms with Crippen molar-refractivity contribution >= 4 is 16.7 Å². The van der Waals surface area contributed by atoms with Gasteiger partial charge in [-0.05, 0) is 37.1 Å².